The third-order valence-electron chi connectivity index (χ3n) is 5.81. The van der Waals surface area contributed by atoms with Crippen LogP contribution >= 0.6 is 0 Å². The Labute approximate surface area is 188 Å². The van der Waals surface area contributed by atoms with Gasteiger partial charge >= 0.3 is 0 Å². The third-order valence-corrected chi connectivity index (χ3v) is 7.11. The van der Waals surface area contributed by atoms with Crippen LogP contribution in [0.3, 0.4) is 0 Å². The fraction of sp³-hybridized carbons (Fsp3) is 0.375. The first-order chi connectivity index (χ1) is 15.1. The molecule has 1 fully saturated rings. The van der Waals surface area contributed by atoms with Gasteiger partial charge in [0.25, 0.3) is 10.0 Å². The number of aliphatic hydroxyl groups is 2. The van der Waals surface area contributed by atoms with E-state index in [0.29, 0.717) is 23.4 Å². The number of hydrogen-bond donors (Lipinski definition) is 2. The van der Waals surface area contributed by atoms with Gasteiger partial charge in [0, 0.05) is 24.2 Å². The molecule has 0 spiro atoms. The van der Waals surface area contributed by atoms with Gasteiger partial charge in [-0.05, 0) is 29.2 Å². The van der Waals surface area contributed by atoms with Crippen LogP contribution < -0.4 is 0 Å². The summed E-state index contributed by atoms with van der Waals surface area (Å²) in [5, 5.41) is 20.8. The summed E-state index contributed by atoms with van der Waals surface area (Å²) in [5.41, 5.74) is 2.43. The Bertz CT molecular complexity index is 1180. The predicted molar refractivity (Wildman–Crippen MR) is 122 cm³/mol. The molecule has 0 aromatic heterocycles. The molecule has 1 aliphatic carbocycles. The maximum atomic E-state index is 13.2. The van der Waals surface area contributed by atoms with Crippen LogP contribution in [0.1, 0.15) is 37.5 Å². The second-order valence-corrected chi connectivity index (χ2v) is 10.6. The number of benzene rings is 2. The second kappa shape index (κ2) is 8.12. The van der Waals surface area contributed by atoms with Crippen LogP contribution in [0.5, 0.6) is 0 Å². The lowest BCUT2D eigenvalue weighted by atomic mass is 9.86. The summed E-state index contributed by atoms with van der Waals surface area (Å²) in [4.78, 5) is 1.89. The molecule has 2 N–H and O–H groups in total. The Morgan fingerprint density at radius 2 is 1.81 bits per heavy atom. The summed E-state index contributed by atoms with van der Waals surface area (Å²) in [6.07, 6.45) is 1.54. The molecule has 1 saturated heterocycles. The first-order valence-corrected chi connectivity index (χ1v) is 12.0. The zero-order valence-electron chi connectivity index (χ0n) is 18.4. The molecular weight excluding hydrogens is 428 g/mol. The van der Waals surface area contributed by atoms with Gasteiger partial charge in [-0.25, -0.2) is 0 Å². The highest BCUT2D eigenvalue weighted by Crippen LogP contribution is 2.41. The van der Waals surface area contributed by atoms with Crippen molar-refractivity contribution in [2.24, 2.45) is 4.40 Å². The van der Waals surface area contributed by atoms with Gasteiger partial charge in [-0.1, -0.05) is 57.2 Å². The van der Waals surface area contributed by atoms with Crippen LogP contribution in [-0.4, -0.2) is 55.5 Å². The van der Waals surface area contributed by atoms with Crippen molar-refractivity contribution in [3.05, 3.63) is 77.0 Å². The number of sulfonamides is 1. The largest absolute Gasteiger partial charge is 0.395 e. The van der Waals surface area contributed by atoms with Crippen molar-refractivity contribution in [1.29, 1.82) is 0 Å². The number of aliphatic hydroxyl groups excluding tert-OH is 1. The van der Waals surface area contributed by atoms with E-state index in [2.05, 4.69) is 25.2 Å². The second-order valence-electron chi connectivity index (χ2n) is 9.00. The van der Waals surface area contributed by atoms with Crippen molar-refractivity contribution >= 4 is 15.7 Å². The summed E-state index contributed by atoms with van der Waals surface area (Å²) >= 11 is 0. The Kier molecular flexibility index (Phi) is 5.75. The number of ether oxygens (including phenoxy) is 1. The Morgan fingerprint density at radius 1 is 1.12 bits per heavy atom. The molecule has 32 heavy (non-hydrogen) atoms. The van der Waals surface area contributed by atoms with Crippen LogP contribution in [-0.2, 0) is 26.0 Å². The van der Waals surface area contributed by atoms with Crippen LogP contribution in [0.2, 0.25) is 0 Å². The van der Waals surface area contributed by atoms with Crippen molar-refractivity contribution in [3.8, 4) is 0 Å². The summed E-state index contributed by atoms with van der Waals surface area (Å²) in [6.45, 7) is 7.10. The van der Waals surface area contributed by atoms with Gasteiger partial charge in [-0.15, -0.1) is 0 Å². The number of rotatable bonds is 4. The molecule has 2 aromatic carbocycles. The highest BCUT2D eigenvalue weighted by molar-refractivity contribution is 7.90. The lowest BCUT2D eigenvalue weighted by Crippen LogP contribution is -2.50. The van der Waals surface area contributed by atoms with Gasteiger partial charge in [0.05, 0.1) is 29.5 Å². The average molecular weight is 457 g/mol. The van der Waals surface area contributed by atoms with E-state index in [0.717, 1.165) is 5.56 Å². The van der Waals surface area contributed by atoms with Crippen molar-refractivity contribution in [3.63, 3.8) is 0 Å². The van der Waals surface area contributed by atoms with Crippen LogP contribution in [0.25, 0.3) is 0 Å². The Balaban J connectivity index is 1.82. The van der Waals surface area contributed by atoms with E-state index in [1.54, 1.807) is 53.4 Å². The maximum absolute atomic E-state index is 13.2. The van der Waals surface area contributed by atoms with Gasteiger partial charge in [0.1, 0.15) is 0 Å². The smallest absolute Gasteiger partial charge is 0.282 e. The molecule has 8 heteroatoms. The third kappa shape index (κ3) is 3.99. The van der Waals surface area contributed by atoms with E-state index in [-0.39, 0.29) is 35.8 Å². The van der Waals surface area contributed by atoms with E-state index in [1.165, 1.54) is 6.08 Å². The summed E-state index contributed by atoms with van der Waals surface area (Å²) in [5.74, 6) is -1.72. The van der Waals surface area contributed by atoms with E-state index in [4.69, 9.17) is 4.74 Å². The van der Waals surface area contributed by atoms with Gasteiger partial charge in [0.15, 0.2) is 0 Å². The molecular formula is C24H28N2O5S. The molecule has 1 aliphatic heterocycles. The fourth-order valence-electron chi connectivity index (χ4n) is 4.06. The summed E-state index contributed by atoms with van der Waals surface area (Å²) in [6, 6.07) is 13.7. The normalized spacial score (nSPS) is 22.3. The number of morpholine rings is 1. The van der Waals surface area contributed by atoms with Crippen LogP contribution in [0.15, 0.2) is 69.6 Å². The topological polar surface area (TPSA) is 99.4 Å². The molecule has 0 amide bonds. The molecule has 0 saturated carbocycles. The van der Waals surface area contributed by atoms with E-state index in [9.17, 15) is 18.6 Å². The van der Waals surface area contributed by atoms with Crippen LogP contribution in [0.4, 0.5) is 0 Å². The standard InChI is InChI=1S/C24H28N2O5S/c1-23(2,3)17-8-10-18(11-9-17)32(29,30)25-21-16-22-24(28,20-7-5-4-6-19(20)21)31-15-13-26(22)12-14-27/h4-11,16,27-28H,12-15H2,1-3H3/b25-21-. The minimum absolute atomic E-state index is 0.0947. The molecule has 7 nitrogen and oxygen atoms in total. The van der Waals surface area contributed by atoms with Crippen LogP contribution in [0, 0.1) is 0 Å². The lowest BCUT2D eigenvalue weighted by Gasteiger charge is -2.45. The molecule has 2 aliphatic rings. The summed E-state index contributed by atoms with van der Waals surface area (Å²) in [7, 11) is -4.00. The highest BCUT2D eigenvalue weighted by atomic mass is 32.2. The van der Waals surface area contributed by atoms with Gasteiger partial charge in [-0.3, -0.25) is 0 Å². The van der Waals surface area contributed by atoms with Crippen molar-refractivity contribution in [1.82, 2.24) is 4.90 Å². The zero-order valence-corrected chi connectivity index (χ0v) is 19.3. The minimum Gasteiger partial charge on any atom is -0.395 e. The van der Waals surface area contributed by atoms with Crippen molar-refractivity contribution < 1.29 is 23.4 Å². The lowest BCUT2D eigenvalue weighted by molar-refractivity contribution is -0.219. The monoisotopic (exact) mass is 456 g/mol. The Hall–Kier alpha value is -2.52. The Morgan fingerprint density at radius 3 is 2.47 bits per heavy atom. The molecule has 0 bridgehead atoms. The van der Waals surface area contributed by atoms with Gasteiger partial charge in [-0.2, -0.15) is 12.8 Å². The molecule has 0 radical (unpaired) electrons. The SMILES string of the molecule is CC(C)(C)c1ccc(S(=O)(=O)/N=C2/C=C3N(CCO)CCOC3(O)c3ccccc32)cc1. The number of β-amino-alcohol motifs (C(OH)–C–C–N with tert-alkyl or cyclic N) is 1. The summed E-state index contributed by atoms with van der Waals surface area (Å²) < 4.78 is 36.2. The predicted octanol–water partition coefficient (Wildman–Crippen LogP) is 2.53. The number of hydrogen-bond acceptors (Lipinski definition) is 6. The average Bonchev–Trinajstić information content (AvgIpc) is 2.75. The molecule has 4 rings (SSSR count). The van der Waals surface area contributed by atoms with E-state index >= 15 is 0 Å². The molecule has 170 valence electrons. The van der Waals surface area contributed by atoms with E-state index in [1.807, 2.05) is 0 Å². The first kappa shape index (κ1) is 22.7. The van der Waals surface area contributed by atoms with Crippen molar-refractivity contribution in [2.75, 3.05) is 26.3 Å². The van der Waals surface area contributed by atoms with Crippen molar-refractivity contribution in [2.45, 2.75) is 36.9 Å². The molecule has 2 aromatic rings. The van der Waals surface area contributed by atoms with Gasteiger partial charge in [0.2, 0.25) is 5.79 Å². The zero-order chi connectivity index (χ0) is 23.1. The molecule has 1 atom stereocenters. The number of fused-ring (bicyclic) bond motifs is 3. The number of nitrogens with zero attached hydrogens (tertiary/aromatic N) is 2. The first-order valence-electron chi connectivity index (χ1n) is 10.6. The highest BCUT2D eigenvalue weighted by Gasteiger charge is 2.46. The molecule has 1 unspecified atom stereocenters. The van der Waals surface area contributed by atoms with Gasteiger partial charge < -0.3 is 19.8 Å². The number of allylic oxidation sites excluding steroid dienone is 1. The quantitative estimate of drug-likeness (QED) is 0.734. The van der Waals surface area contributed by atoms with E-state index < -0.39 is 15.8 Å². The molecule has 1 heterocycles. The maximum Gasteiger partial charge on any atom is 0.282 e. The minimum atomic E-state index is -4.00. The fourth-order valence-corrected chi connectivity index (χ4v) is 5.06.